The van der Waals surface area contributed by atoms with Crippen molar-refractivity contribution in [3.8, 4) is 0 Å². The molecular weight excluding hydrogens is 360 g/mol. The number of carboxylic acid groups (broad SMARTS) is 1. The molecule has 0 spiro atoms. The second-order valence-electron chi connectivity index (χ2n) is 4.75. The Bertz CT molecular complexity index is 544. The van der Waals surface area contributed by atoms with Crippen LogP contribution in [-0.4, -0.2) is 46.4 Å². The highest BCUT2D eigenvalue weighted by molar-refractivity contribution is 9.11. The first-order valence-corrected chi connectivity index (χ1v) is 7.91. The van der Waals surface area contributed by atoms with Gasteiger partial charge < -0.3 is 15.3 Å². The van der Waals surface area contributed by atoms with E-state index in [9.17, 15) is 14.4 Å². The van der Waals surface area contributed by atoms with Crippen LogP contribution < -0.4 is 5.32 Å². The van der Waals surface area contributed by atoms with Gasteiger partial charge in [-0.05, 0) is 48.8 Å². The van der Waals surface area contributed by atoms with Gasteiger partial charge in [-0.15, -0.1) is 11.3 Å². The molecule has 1 aromatic rings. The zero-order chi connectivity index (χ0) is 16.2. The van der Waals surface area contributed by atoms with Crippen LogP contribution in [0, 0.1) is 0 Å². The molecule has 0 saturated heterocycles. The quantitative estimate of drug-likeness (QED) is 0.794. The van der Waals surface area contributed by atoms with Gasteiger partial charge in [0.2, 0.25) is 5.91 Å². The van der Waals surface area contributed by atoms with Gasteiger partial charge in [0.1, 0.15) is 12.6 Å². The number of nitrogens with zero attached hydrogens (tertiary/aromatic N) is 1. The smallest absolute Gasteiger partial charge is 0.323 e. The van der Waals surface area contributed by atoms with Gasteiger partial charge in [0.05, 0.1) is 8.66 Å². The lowest BCUT2D eigenvalue weighted by molar-refractivity contribution is -0.146. The first-order chi connectivity index (χ1) is 9.72. The summed E-state index contributed by atoms with van der Waals surface area (Å²) in [6.07, 6.45) is 0. The van der Waals surface area contributed by atoms with Crippen LogP contribution in [0.15, 0.2) is 15.9 Å². The third kappa shape index (κ3) is 5.13. The average molecular weight is 377 g/mol. The Morgan fingerprint density at radius 2 is 1.95 bits per heavy atom. The maximum Gasteiger partial charge on any atom is 0.323 e. The lowest BCUT2D eigenvalue weighted by Crippen LogP contribution is -2.50. The molecule has 0 aliphatic heterocycles. The topological polar surface area (TPSA) is 86.7 Å². The van der Waals surface area contributed by atoms with Crippen LogP contribution >= 0.6 is 27.3 Å². The normalized spacial score (nSPS) is 12.0. The van der Waals surface area contributed by atoms with Gasteiger partial charge in [0.15, 0.2) is 0 Å². The molecule has 1 rings (SSSR count). The van der Waals surface area contributed by atoms with Crippen molar-refractivity contribution in [2.75, 3.05) is 6.54 Å². The Morgan fingerprint density at radius 3 is 2.38 bits per heavy atom. The van der Waals surface area contributed by atoms with Crippen LogP contribution in [-0.2, 0) is 9.59 Å². The summed E-state index contributed by atoms with van der Waals surface area (Å²) in [6, 6.07) is 2.35. The van der Waals surface area contributed by atoms with Crippen molar-refractivity contribution in [2.45, 2.75) is 32.9 Å². The van der Waals surface area contributed by atoms with Gasteiger partial charge in [-0.25, -0.2) is 0 Å². The number of nitrogens with one attached hydrogen (secondary N) is 1. The molecule has 0 aromatic carbocycles. The third-order valence-electron chi connectivity index (χ3n) is 2.73. The molecule has 6 nitrogen and oxygen atoms in total. The van der Waals surface area contributed by atoms with Gasteiger partial charge in [0, 0.05) is 6.04 Å². The molecular formula is C13H17BrN2O4S. The van der Waals surface area contributed by atoms with Gasteiger partial charge in [0.25, 0.3) is 5.91 Å². The maximum absolute atomic E-state index is 12.2. The molecule has 1 aromatic heterocycles. The molecule has 1 unspecified atom stereocenters. The van der Waals surface area contributed by atoms with Crippen LogP contribution in [0.3, 0.4) is 0 Å². The zero-order valence-corrected chi connectivity index (χ0v) is 14.3. The number of carbonyl (C=O) groups excluding carboxylic acids is 2. The number of aliphatic carboxylic acids is 1. The number of thiophene rings is 1. The molecule has 0 aliphatic carbocycles. The molecule has 0 aliphatic rings. The minimum atomic E-state index is -1.09. The Morgan fingerprint density at radius 1 is 1.33 bits per heavy atom. The summed E-state index contributed by atoms with van der Waals surface area (Å²) < 4.78 is 0.821. The van der Waals surface area contributed by atoms with E-state index in [0.29, 0.717) is 4.88 Å². The second-order valence-corrected chi connectivity index (χ2v) is 7.22. The van der Waals surface area contributed by atoms with Gasteiger partial charge in [-0.3, -0.25) is 14.4 Å². The first-order valence-electron chi connectivity index (χ1n) is 6.30. The molecule has 1 atom stereocenters. The number of hydrogen-bond acceptors (Lipinski definition) is 4. The van der Waals surface area contributed by atoms with Crippen molar-refractivity contribution < 1.29 is 19.5 Å². The van der Waals surface area contributed by atoms with E-state index in [0.717, 1.165) is 3.79 Å². The molecule has 0 saturated carbocycles. The molecule has 2 N–H and O–H groups in total. The van der Waals surface area contributed by atoms with Crippen LogP contribution in [0.25, 0.3) is 0 Å². The molecule has 0 radical (unpaired) electrons. The van der Waals surface area contributed by atoms with Gasteiger partial charge >= 0.3 is 5.97 Å². The third-order valence-corrected chi connectivity index (χ3v) is 4.35. The van der Waals surface area contributed by atoms with Crippen LogP contribution in [0.4, 0.5) is 0 Å². The maximum atomic E-state index is 12.2. The number of hydrogen-bond donors (Lipinski definition) is 2. The lowest BCUT2D eigenvalue weighted by Gasteiger charge is -2.28. The Labute approximate surface area is 135 Å². The number of amides is 2. The van der Waals surface area contributed by atoms with Crippen molar-refractivity contribution in [1.82, 2.24) is 10.2 Å². The van der Waals surface area contributed by atoms with Crippen molar-refractivity contribution in [3.63, 3.8) is 0 Å². The van der Waals surface area contributed by atoms with E-state index in [1.54, 1.807) is 32.9 Å². The van der Waals surface area contributed by atoms with Crippen LogP contribution in [0.5, 0.6) is 0 Å². The summed E-state index contributed by atoms with van der Waals surface area (Å²) >= 11 is 4.52. The van der Waals surface area contributed by atoms with Crippen molar-refractivity contribution in [2.24, 2.45) is 0 Å². The van der Waals surface area contributed by atoms with Gasteiger partial charge in [-0.1, -0.05) is 0 Å². The van der Waals surface area contributed by atoms with Crippen molar-refractivity contribution >= 4 is 45.1 Å². The van der Waals surface area contributed by atoms with E-state index in [2.05, 4.69) is 21.2 Å². The molecule has 1 heterocycles. The molecule has 116 valence electrons. The first kappa shape index (κ1) is 17.6. The summed E-state index contributed by atoms with van der Waals surface area (Å²) in [5, 5.41) is 11.4. The number of carboxylic acids is 1. The number of halogens is 1. The van der Waals surface area contributed by atoms with E-state index in [1.807, 2.05) is 0 Å². The summed E-state index contributed by atoms with van der Waals surface area (Å²) in [5.74, 6) is -1.86. The number of carbonyl (C=O) groups is 3. The van der Waals surface area contributed by atoms with Crippen LogP contribution in [0.1, 0.15) is 30.4 Å². The minimum Gasteiger partial charge on any atom is -0.480 e. The predicted octanol–water partition coefficient (Wildman–Crippen LogP) is 1.95. The van der Waals surface area contributed by atoms with Crippen molar-refractivity contribution in [3.05, 3.63) is 20.8 Å². The highest BCUT2D eigenvalue weighted by atomic mass is 79.9. The Kier molecular flexibility index (Phi) is 6.35. The molecule has 21 heavy (non-hydrogen) atoms. The molecule has 0 fully saturated rings. The van der Waals surface area contributed by atoms with Crippen LogP contribution in [0.2, 0.25) is 0 Å². The van der Waals surface area contributed by atoms with E-state index in [1.165, 1.54) is 16.2 Å². The predicted molar refractivity (Wildman–Crippen MR) is 83.4 cm³/mol. The highest BCUT2D eigenvalue weighted by Crippen LogP contribution is 2.21. The van der Waals surface area contributed by atoms with E-state index in [4.69, 9.17) is 5.11 Å². The summed E-state index contributed by atoms with van der Waals surface area (Å²) in [4.78, 5) is 36.7. The average Bonchev–Trinajstić information content (AvgIpc) is 2.81. The fourth-order valence-corrected chi connectivity index (χ4v) is 2.96. The monoisotopic (exact) mass is 376 g/mol. The molecule has 8 heteroatoms. The van der Waals surface area contributed by atoms with Crippen molar-refractivity contribution in [1.29, 1.82) is 0 Å². The fourth-order valence-electron chi connectivity index (χ4n) is 1.68. The molecule has 0 bridgehead atoms. The summed E-state index contributed by atoms with van der Waals surface area (Å²) in [6.45, 7) is 4.61. The largest absolute Gasteiger partial charge is 0.480 e. The van der Waals surface area contributed by atoms with E-state index in [-0.39, 0.29) is 18.5 Å². The SMILES string of the molecule is CC(NC(=O)c1ccc(Br)s1)C(=O)N(CC(=O)O)C(C)C. The minimum absolute atomic E-state index is 0.260. The fraction of sp³-hybridized carbons (Fsp3) is 0.462. The summed E-state index contributed by atoms with van der Waals surface area (Å²) in [5.41, 5.74) is 0. The van der Waals surface area contributed by atoms with E-state index < -0.39 is 17.9 Å². The molecule has 2 amide bonds. The second kappa shape index (κ2) is 7.56. The lowest BCUT2D eigenvalue weighted by atomic mass is 10.2. The number of rotatable bonds is 6. The standard InChI is InChI=1S/C13H17BrN2O4S/c1-7(2)16(6-11(17)18)13(20)8(3)15-12(19)9-4-5-10(14)21-9/h4-5,7-8H,6H2,1-3H3,(H,15,19)(H,17,18). The summed E-state index contributed by atoms with van der Waals surface area (Å²) in [7, 11) is 0. The Hall–Kier alpha value is -1.41. The Balaban J connectivity index is 2.72. The zero-order valence-electron chi connectivity index (χ0n) is 11.9. The highest BCUT2D eigenvalue weighted by Gasteiger charge is 2.26. The van der Waals surface area contributed by atoms with E-state index >= 15 is 0 Å². The van der Waals surface area contributed by atoms with Gasteiger partial charge in [-0.2, -0.15) is 0 Å².